The van der Waals surface area contributed by atoms with E-state index in [0.717, 1.165) is 22.9 Å². The summed E-state index contributed by atoms with van der Waals surface area (Å²) in [4.78, 5) is 24.8. The fourth-order valence-electron chi connectivity index (χ4n) is 2.87. The molecule has 2 aromatic carbocycles. The number of urea groups is 1. The molecule has 29 heavy (non-hydrogen) atoms. The molecule has 0 spiro atoms. The van der Waals surface area contributed by atoms with E-state index in [0.29, 0.717) is 29.5 Å². The zero-order valence-corrected chi connectivity index (χ0v) is 17.3. The molecule has 0 radical (unpaired) electrons. The summed E-state index contributed by atoms with van der Waals surface area (Å²) < 4.78 is 11.6. The molecule has 0 saturated carbocycles. The highest BCUT2D eigenvalue weighted by Gasteiger charge is 2.21. The number of rotatable bonds is 8. The first kappa shape index (κ1) is 20.7. The third-order valence-electron chi connectivity index (χ3n) is 4.26. The standard InChI is InChI=1S/C22H24N2O4S/c1-3-13-28-19-17-14-16(9-10-18(17)29-20(19)21(25)27-2)24-22(26)23-12-11-15-7-5-4-6-8-15/h4-10,14H,3,11-13H2,1-2H3,(H2,23,24,26). The molecule has 2 amide bonds. The molecular weight excluding hydrogens is 388 g/mol. The number of hydrogen-bond acceptors (Lipinski definition) is 5. The first-order valence-corrected chi connectivity index (χ1v) is 10.3. The Morgan fingerprint density at radius 1 is 1.10 bits per heavy atom. The van der Waals surface area contributed by atoms with Gasteiger partial charge >= 0.3 is 12.0 Å². The number of esters is 1. The van der Waals surface area contributed by atoms with Crippen LogP contribution in [0, 0.1) is 0 Å². The van der Waals surface area contributed by atoms with Crippen LogP contribution < -0.4 is 15.4 Å². The SMILES string of the molecule is CCCOc1c(C(=O)OC)sc2ccc(NC(=O)NCCc3ccccc3)cc12. The van der Waals surface area contributed by atoms with Gasteiger partial charge in [0.1, 0.15) is 0 Å². The van der Waals surface area contributed by atoms with Crippen molar-refractivity contribution in [2.45, 2.75) is 19.8 Å². The summed E-state index contributed by atoms with van der Waals surface area (Å²) in [6, 6.07) is 15.2. The van der Waals surface area contributed by atoms with Crippen LogP contribution in [0.3, 0.4) is 0 Å². The zero-order valence-electron chi connectivity index (χ0n) is 16.5. The van der Waals surface area contributed by atoms with Gasteiger partial charge in [-0.15, -0.1) is 11.3 Å². The minimum absolute atomic E-state index is 0.278. The van der Waals surface area contributed by atoms with Gasteiger partial charge in [-0.3, -0.25) is 0 Å². The number of ether oxygens (including phenoxy) is 2. The minimum atomic E-state index is -0.425. The Hall–Kier alpha value is -3.06. The topological polar surface area (TPSA) is 76.7 Å². The Morgan fingerprint density at radius 2 is 1.90 bits per heavy atom. The van der Waals surface area contributed by atoms with Gasteiger partial charge in [-0.1, -0.05) is 37.3 Å². The van der Waals surface area contributed by atoms with Crippen molar-refractivity contribution < 1.29 is 19.1 Å². The molecule has 2 N–H and O–H groups in total. The van der Waals surface area contributed by atoms with Crippen LogP contribution in [-0.4, -0.2) is 32.3 Å². The largest absolute Gasteiger partial charge is 0.491 e. The molecule has 152 valence electrons. The van der Waals surface area contributed by atoms with Gasteiger partial charge < -0.3 is 20.1 Å². The third-order valence-corrected chi connectivity index (χ3v) is 5.40. The van der Waals surface area contributed by atoms with Crippen molar-refractivity contribution in [2.24, 2.45) is 0 Å². The number of fused-ring (bicyclic) bond motifs is 1. The van der Waals surface area contributed by atoms with Crippen LogP contribution in [0.15, 0.2) is 48.5 Å². The quantitative estimate of drug-likeness (QED) is 0.519. The smallest absolute Gasteiger partial charge is 0.351 e. The number of carbonyl (C=O) groups is 2. The maximum absolute atomic E-state index is 12.2. The molecule has 0 atom stereocenters. The predicted octanol–water partition coefficient (Wildman–Crippen LogP) is 4.84. The van der Waals surface area contributed by atoms with Crippen LogP contribution in [0.4, 0.5) is 10.5 Å². The lowest BCUT2D eigenvalue weighted by atomic mass is 10.1. The highest BCUT2D eigenvalue weighted by molar-refractivity contribution is 7.21. The number of benzene rings is 2. The fourth-order valence-corrected chi connectivity index (χ4v) is 3.91. The van der Waals surface area contributed by atoms with Gasteiger partial charge in [0.15, 0.2) is 10.6 Å². The number of anilines is 1. The van der Waals surface area contributed by atoms with E-state index < -0.39 is 5.97 Å². The first-order chi connectivity index (χ1) is 14.1. The number of methoxy groups -OCH3 is 1. The van der Waals surface area contributed by atoms with Crippen LogP contribution in [0.5, 0.6) is 5.75 Å². The van der Waals surface area contributed by atoms with Gasteiger partial charge in [-0.2, -0.15) is 0 Å². The summed E-state index contributed by atoms with van der Waals surface area (Å²) in [5.74, 6) is 0.0808. The Balaban J connectivity index is 1.70. The molecule has 7 heteroatoms. The maximum Gasteiger partial charge on any atom is 0.351 e. The van der Waals surface area contributed by atoms with Crippen LogP contribution >= 0.6 is 11.3 Å². The molecule has 0 bridgehead atoms. The van der Waals surface area contributed by atoms with Gasteiger partial charge in [-0.25, -0.2) is 9.59 Å². The van der Waals surface area contributed by atoms with E-state index >= 15 is 0 Å². The van der Waals surface area contributed by atoms with E-state index in [1.165, 1.54) is 24.0 Å². The van der Waals surface area contributed by atoms with Gasteiger partial charge in [0.05, 0.1) is 13.7 Å². The average molecular weight is 413 g/mol. The fraction of sp³-hybridized carbons (Fsp3) is 0.273. The summed E-state index contributed by atoms with van der Waals surface area (Å²) in [6.45, 7) is 3.03. The molecule has 0 fully saturated rings. The summed E-state index contributed by atoms with van der Waals surface area (Å²) in [6.07, 6.45) is 1.58. The van der Waals surface area contributed by atoms with Gasteiger partial charge in [-0.05, 0) is 36.6 Å². The lowest BCUT2D eigenvalue weighted by molar-refractivity contribution is 0.0602. The molecule has 0 aliphatic rings. The first-order valence-electron chi connectivity index (χ1n) is 9.48. The van der Waals surface area contributed by atoms with Crippen molar-refractivity contribution in [3.05, 3.63) is 59.0 Å². The molecule has 3 rings (SSSR count). The van der Waals surface area contributed by atoms with E-state index in [4.69, 9.17) is 9.47 Å². The van der Waals surface area contributed by atoms with Crippen LogP contribution in [0.1, 0.15) is 28.6 Å². The normalized spacial score (nSPS) is 10.6. The lowest BCUT2D eigenvalue weighted by Gasteiger charge is -2.09. The van der Waals surface area contributed by atoms with Gasteiger partial charge in [0.25, 0.3) is 0 Å². The van der Waals surface area contributed by atoms with Crippen molar-refractivity contribution in [1.29, 1.82) is 0 Å². The predicted molar refractivity (Wildman–Crippen MR) is 116 cm³/mol. The van der Waals surface area contributed by atoms with Crippen molar-refractivity contribution in [2.75, 3.05) is 25.6 Å². The third kappa shape index (κ3) is 5.26. The number of hydrogen-bond donors (Lipinski definition) is 2. The maximum atomic E-state index is 12.2. The summed E-state index contributed by atoms with van der Waals surface area (Å²) in [5, 5.41) is 6.48. The van der Waals surface area contributed by atoms with Crippen molar-refractivity contribution in [1.82, 2.24) is 5.32 Å². The second kappa shape index (κ2) is 9.93. The van der Waals surface area contributed by atoms with E-state index in [2.05, 4.69) is 10.6 Å². The molecule has 3 aromatic rings. The van der Waals surface area contributed by atoms with Crippen LogP contribution in [0.25, 0.3) is 10.1 Å². The van der Waals surface area contributed by atoms with Gasteiger partial charge in [0, 0.05) is 22.3 Å². The van der Waals surface area contributed by atoms with E-state index in [1.54, 1.807) is 6.07 Å². The van der Waals surface area contributed by atoms with Gasteiger partial charge in [0.2, 0.25) is 0 Å². The van der Waals surface area contributed by atoms with E-state index in [9.17, 15) is 9.59 Å². The molecule has 0 aliphatic carbocycles. The average Bonchev–Trinajstić information content (AvgIpc) is 3.10. The van der Waals surface area contributed by atoms with Crippen molar-refractivity contribution in [3.63, 3.8) is 0 Å². The second-order valence-corrected chi connectivity index (χ2v) is 7.48. The van der Waals surface area contributed by atoms with Crippen LogP contribution in [-0.2, 0) is 11.2 Å². The highest BCUT2D eigenvalue weighted by Crippen LogP contribution is 2.39. The Morgan fingerprint density at radius 3 is 2.62 bits per heavy atom. The number of carbonyl (C=O) groups excluding carboxylic acids is 2. The van der Waals surface area contributed by atoms with Crippen molar-refractivity contribution >= 4 is 39.1 Å². The molecule has 6 nitrogen and oxygen atoms in total. The Bertz CT molecular complexity index is 985. The zero-order chi connectivity index (χ0) is 20.6. The monoisotopic (exact) mass is 412 g/mol. The second-order valence-electron chi connectivity index (χ2n) is 6.43. The molecule has 1 heterocycles. The molecular formula is C22H24N2O4S. The number of nitrogens with one attached hydrogen (secondary N) is 2. The highest BCUT2D eigenvalue weighted by atomic mass is 32.1. The summed E-state index contributed by atoms with van der Waals surface area (Å²) in [5.41, 5.74) is 1.80. The molecule has 0 saturated heterocycles. The molecule has 1 aromatic heterocycles. The number of thiophene rings is 1. The van der Waals surface area contributed by atoms with E-state index in [-0.39, 0.29) is 6.03 Å². The Labute approximate surface area is 173 Å². The summed E-state index contributed by atoms with van der Waals surface area (Å²) in [7, 11) is 1.35. The minimum Gasteiger partial charge on any atom is -0.491 e. The Kier molecular flexibility index (Phi) is 7.08. The lowest BCUT2D eigenvalue weighted by Crippen LogP contribution is -2.30. The summed E-state index contributed by atoms with van der Waals surface area (Å²) >= 11 is 1.32. The number of amides is 2. The van der Waals surface area contributed by atoms with Crippen LogP contribution in [0.2, 0.25) is 0 Å². The van der Waals surface area contributed by atoms with E-state index in [1.807, 2.05) is 49.4 Å². The molecule has 0 unspecified atom stereocenters. The molecule has 0 aliphatic heterocycles. The van der Waals surface area contributed by atoms with Crippen molar-refractivity contribution in [3.8, 4) is 5.75 Å².